The van der Waals surface area contributed by atoms with Crippen LogP contribution in [0.5, 0.6) is 0 Å². The van der Waals surface area contributed by atoms with E-state index in [2.05, 4.69) is 106 Å². The second-order valence-electron chi connectivity index (χ2n) is 6.56. The molecule has 0 unspecified atom stereocenters. The molecule has 28 heavy (non-hydrogen) atoms. The third kappa shape index (κ3) is 9.37. The van der Waals surface area contributed by atoms with Gasteiger partial charge in [-0.3, -0.25) is 6.08 Å². The molecule has 0 fully saturated rings. The third-order valence-electron chi connectivity index (χ3n) is 4.15. The van der Waals surface area contributed by atoms with Crippen molar-refractivity contribution in [3.63, 3.8) is 0 Å². The minimum Gasteiger partial charge on any atom is -1.00 e. The number of hydrogen-bond acceptors (Lipinski definition) is 0. The zero-order valence-corrected chi connectivity index (χ0v) is 20.6. The van der Waals surface area contributed by atoms with Crippen LogP contribution in [0.15, 0.2) is 90.5 Å². The molecule has 0 amide bonds. The molecule has 0 aromatic heterocycles. The van der Waals surface area contributed by atoms with E-state index >= 15 is 0 Å². The Hall–Kier alpha value is -1.14. The van der Waals surface area contributed by atoms with Gasteiger partial charge in [-0.2, -0.15) is 29.2 Å². The first-order valence-electron chi connectivity index (χ1n) is 9.05. The predicted molar refractivity (Wildman–Crippen MR) is 111 cm³/mol. The fourth-order valence-corrected chi connectivity index (χ4v) is 2.98. The van der Waals surface area contributed by atoms with Gasteiger partial charge in [0.15, 0.2) is 0 Å². The number of rotatable bonds is 2. The summed E-state index contributed by atoms with van der Waals surface area (Å²) in [5.74, 6) is 0.685. The average Bonchev–Trinajstić information content (AvgIpc) is 3.35. The van der Waals surface area contributed by atoms with Gasteiger partial charge in [0.25, 0.3) is 0 Å². The zero-order chi connectivity index (χ0) is 18.8. The Bertz CT molecular complexity index is 843. The molecule has 3 aromatic carbocycles. The Labute approximate surface area is 197 Å². The predicted octanol–water partition coefficient (Wildman–Crippen LogP) is 0.672. The normalized spacial score (nSPS) is 11.3. The maximum Gasteiger partial charge on any atom is -0.0809 e. The summed E-state index contributed by atoms with van der Waals surface area (Å²) in [6.07, 6.45) is 8.47. The van der Waals surface area contributed by atoms with Crippen molar-refractivity contribution in [3.8, 4) is 0 Å². The first kappa shape index (κ1) is 26.9. The topological polar surface area (TPSA) is 0 Å². The maximum absolute atomic E-state index is 3.14. The van der Waals surface area contributed by atoms with E-state index in [1.165, 1.54) is 49.4 Å². The van der Waals surface area contributed by atoms with Crippen molar-refractivity contribution < 1.29 is 49.0 Å². The number of allylic oxidation sites excluding steroid dienone is 4. The molecule has 1 aliphatic rings. The van der Waals surface area contributed by atoms with E-state index in [0.717, 1.165) is 6.42 Å². The van der Waals surface area contributed by atoms with Gasteiger partial charge in [-0.25, -0.2) is 6.08 Å². The third-order valence-corrected chi connectivity index (χ3v) is 4.85. The van der Waals surface area contributed by atoms with Crippen LogP contribution in [0.2, 0.25) is 0 Å². The first-order valence-corrected chi connectivity index (χ1v) is 10.3. The van der Waals surface area contributed by atoms with E-state index in [9.17, 15) is 0 Å². The molecule has 0 radical (unpaired) electrons. The van der Waals surface area contributed by atoms with Crippen molar-refractivity contribution in [3.05, 3.63) is 102 Å². The molecule has 0 spiro atoms. The van der Waals surface area contributed by atoms with Gasteiger partial charge in [-0.05, 0) is 0 Å². The van der Waals surface area contributed by atoms with Gasteiger partial charge in [0.2, 0.25) is 0 Å². The second kappa shape index (κ2) is 14.8. The Kier molecular flexibility index (Phi) is 14.2. The molecule has 0 aliphatic heterocycles. The van der Waals surface area contributed by atoms with E-state index in [1.807, 2.05) is 6.07 Å². The molecular weight excluding hydrogens is 462 g/mol. The molecular formula is C25H26Cl2Zr-2. The van der Waals surface area contributed by atoms with Crippen LogP contribution in [-0.4, -0.2) is 3.21 Å². The van der Waals surface area contributed by atoms with Crippen LogP contribution >= 0.6 is 0 Å². The van der Waals surface area contributed by atoms with Gasteiger partial charge in [0.05, 0.1) is 0 Å². The van der Waals surface area contributed by atoms with Crippen LogP contribution in [0.25, 0.3) is 10.8 Å². The van der Waals surface area contributed by atoms with Gasteiger partial charge in [0.1, 0.15) is 0 Å². The van der Waals surface area contributed by atoms with Gasteiger partial charge < -0.3 is 24.8 Å². The minimum absolute atomic E-state index is 0. The van der Waals surface area contributed by atoms with Gasteiger partial charge in [-0.15, -0.1) is 36.1 Å². The van der Waals surface area contributed by atoms with E-state index in [1.54, 1.807) is 0 Å². The Balaban J connectivity index is 0.000000378. The monoisotopic (exact) mass is 486 g/mol. The van der Waals surface area contributed by atoms with Crippen LogP contribution < -0.4 is 24.8 Å². The van der Waals surface area contributed by atoms with Crippen molar-refractivity contribution in [1.82, 2.24) is 0 Å². The van der Waals surface area contributed by atoms with Crippen LogP contribution in [-0.2, 0) is 24.2 Å². The quantitative estimate of drug-likeness (QED) is 0.466. The SMILES string of the molecule is CC(C)C1=CC[C-]=C1.C[C](=[Zr+2])c1ccccc1.[Cl-].[Cl-].c1ccc2[cH-]ccc2c1. The second-order valence-corrected chi connectivity index (χ2v) is 8.40. The summed E-state index contributed by atoms with van der Waals surface area (Å²) in [6.45, 7) is 6.57. The summed E-state index contributed by atoms with van der Waals surface area (Å²) >= 11 is 1.51. The van der Waals surface area contributed by atoms with Gasteiger partial charge >= 0.3 is 70.3 Å². The average molecular weight is 489 g/mol. The van der Waals surface area contributed by atoms with Crippen molar-refractivity contribution in [1.29, 1.82) is 0 Å². The van der Waals surface area contributed by atoms with E-state index in [-0.39, 0.29) is 24.8 Å². The van der Waals surface area contributed by atoms with Gasteiger partial charge in [-0.1, -0.05) is 25.8 Å². The molecule has 0 N–H and O–H groups in total. The molecule has 0 saturated carbocycles. The van der Waals surface area contributed by atoms with Crippen molar-refractivity contribution in [2.24, 2.45) is 5.92 Å². The number of fused-ring (bicyclic) bond motifs is 1. The fourth-order valence-electron chi connectivity index (χ4n) is 2.57. The van der Waals surface area contributed by atoms with Crippen LogP contribution in [0.1, 0.15) is 32.8 Å². The number of halogens is 2. The number of hydrogen-bond donors (Lipinski definition) is 0. The molecule has 0 bridgehead atoms. The number of benzene rings is 2. The minimum atomic E-state index is 0. The molecule has 4 rings (SSSR count). The van der Waals surface area contributed by atoms with Crippen molar-refractivity contribution in [2.45, 2.75) is 27.2 Å². The van der Waals surface area contributed by atoms with E-state index < -0.39 is 0 Å². The molecule has 0 saturated heterocycles. The molecule has 3 heteroatoms. The van der Waals surface area contributed by atoms with E-state index in [0.29, 0.717) is 5.92 Å². The molecule has 0 nitrogen and oxygen atoms in total. The summed E-state index contributed by atoms with van der Waals surface area (Å²) in [6, 6.07) is 25.1. The summed E-state index contributed by atoms with van der Waals surface area (Å²) in [4.78, 5) is 0. The summed E-state index contributed by atoms with van der Waals surface area (Å²) in [5, 5.41) is 2.66. The zero-order valence-electron chi connectivity index (χ0n) is 16.6. The Morgan fingerprint density at radius 2 is 1.61 bits per heavy atom. The standard InChI is InChI=1S/C9H7.C8H11.C8H8.2ClH.Zr/c1-2-5-9-7-3-6-8(9)4-1;1-7(2)8-5-3-4-6-8;1-2-8-6-4-3-5-7-8;;;/h1-7H;5-7H,3H2,1-2H3;3-7H,1H3;2*1H;/q2*-1;;;;+2/p-2. The summed E-state index contributed by atoms with van der Waals surface area (Å²) < 4.78 is 1.46. The first-order chi connectivity index (χ1) is 12.6. The van der Waals surface area contributed by atoms with Gasteiger partial charge in [0, 0.05) is 0 Å². The van der Waals surface area contributed by atoms with E-state index in [4.69, 9.17) is 0 Å². The van der Waals surface area contributed by atoms with Crippen LogP contribution in [0.3, 0.4) is 0 Å². The molecule has 0 heterocycles. The molecule has 146 valence electrons. The molecule has 0 atom stereocenters. The smallest absolute Gasteiger partial charge is 0.0809 e. The largest absolute Gasteiger partial charge is 1.00 e. The molecule has 1 aliphatic carbocycles. The van der Waals surface area contributed by atoms with Crippen molar-refractivity contribution >= 4 is 14.0 Å². The summed E-state index contributed by atoms with van der Waals surface area (Å²) in [7, 11) is 0. The van der Waals surface area contributed by atoms with Crippen molar-refractivity contribution in [2.75, 3.05) is 0 Å². The van der Waals surface area contributed by atoms with Crippen LogP contribution in [0.4, 0.5) is 0 Å². The Morgan fingerprint density at radius 1 is 0.964 bits per heavy atom. The van der Waals surface area contributed by atoms with Crippen LogP contribution in [0, 0.1) is 12.0 Å². The summed E-state index contributed by atoms with van der Waals surface area (Å²) in [5.41, 5.74) is 2.81. The Morgan fingerprint density at radius 3 is 2.07 bits per heavy atom. The molecule has 3 aromatic rings. The maximum atomic E-state index is 3.14. The fraction of sp³-hybridized carbons (Fsp3) is 0.200.